The summed E-state index contributed by atoms with van der Waals surface area (Å²) >= 11 is 0. The van der Waals surface area contributed by atoms with Crippen molar-refractivity contribution in [1.29, 1.82) is 0 Å². The second kappa shape index (κ2) is 6.38. The van der Waals surface area contributed by atoms with E-state index < -0.39 is 9.84 Å². The number of rotatable bonds is 4. The molecule has 0 atom stereocenters. The molecule has 1 heterocycles. The van der Waals surface area contributed by atoms with Crippen LogP contribution >= 0.6 is 0 Å². The van der Waals surface area contributed by atoms with Crippen LogP contribution in [0.25, 0.3) is 0 Å². The van der Waals surface area contributed by atoms with Crippen LogP contribution in [0, 0.1) is 11.8 Å². The normalized spacial score (nSPS) is 33.4. The fraction of sp³-hybridized carbons (Fsp3) is 1.00. The smallest absolute Gasteiger partial charge is 0.150 e. The molecule has 2 rings (SSSR count). The predicted molar refractivity (Wildman–Crippen MR) is 75.4 cm³/mol. The van der Waals surface area contributed by atoms with E-state index in [2.05, 4.69) is 12.2 Å². The Bertz CT molecular complexity index is 331. The molecule has 2 fully saturated rings. The number of hydrogen-bond donors (Lipinski definition) is 1. The number of hydrogen-bond acceptors (Lipinski definition) is 3. The molecule has 1 saturated heterocycles. The molecule has 1 saturated carbocycles. The Hall–Kier alpha value is -0.0900. The molecule has 1 N–H and O–H groups in total. The second-order valence-corrected chi connectivity index (χ2v) is 8.60. The lowest BCUT2D eigenvalue weighted by Crippen LogP contribution is -2.38. The molecule has 0 aromatic carbocycles. The van der Waals surface area contributed by atoms with Gasteiger partial charge in [0.2, 0.25) is 0 Å². The molecule has 1 aliphatic carbocycles. The molecule has 18 heavy (non-hydrogen) atoms. The molecule has 0 radical (unpaired) electrons. The van der Waals surface area contributed by atoms with Gasteiger partial charge < -0.3 is 5.32 Å². The zero-order valence-electron chi connectivity index (χ0n) is 11.5. The molecule has 1 aliphatic heterocycles. The number of sulfone groups is 1. The highest BCUT2D eigenvalue weighted by Gasteiger charge is 2.23. The molecule has 2 aliphatic rings. The Labute approximate surface area is 112 Å². The van der Waals surface area contributed by atoms with Gasteiger partial charge in [0.05, 0.1) is 11.5 Å². The third-order valence-electron chi connectivity index (χ3n) is 4.68. The van der Waals surface area contributed by atoms with Crippen LogP contribution in [0.15, 0.2) is 0 Å². The molecule has 0 amide bonds. The summed E-state index contributed by atoms with van der Waals surface area (Å²) in [6, 6.07) is 0.441. The van der Waals surface area contributed by atoms with Gasteiger partial charge in [0.15, 0.2) is 0 Å². The standard InChI is InChI=1S/C14H27NO2S/c1-12-2-4-13(5-3-12)6-9-15-14-7-10-18(16,17)11-8-14/h12-15H,2-11H2,1H3. The fourth-order valence-electron chi connectivity index (χ4n) is 3.20. The Morgan fingerprint density at radius 1 is 1.00 bits per heavy atom. The Morgan fingerprint density at radius 2 is 1.61 bits per heavy atom. The Balaban J connectivity index is 1.59. The lowest BCUT2D eigenvalue weighted by molar-refractivity contribution is 0.271. The first kappa shape index (κ1) is 14.3. The summed E-state index contributed by atoms with van der Waals surface area (Å²) in [6.45, 7) is 3.43. The van der Waals surface area contributed by atoms with Crippen LogP contribution in [0.3, 0.4) is 0 Å². The van der Waals surface area contributed by atoms with Crippen molar-refractivity contribution in [3.05, 3.63) is 0 Å². The van der Waals surface area contributed by atoms with Crippen molar-refractivity contribution in [1.82, 2.24) is 5.32 Å². The van der Waals surface area contributed by atoms with E-state index in [-0.39, 0.29) is 0 Å². The van der Waals surface area contributed by atoms with Crippen LogP contribution in [0.1, 0.15) is 51.9 Å². The lowest BCUT2D eigenvalue weighted by Gasteiger charge is -2.28. The highest BCUT2D eigenvalue weighted by molar-refractivity contribution is 7.91. The zero-order chi connectivity index (χ0) is 13.0. The summed E-state index contributed by atoms with van der Waals surface area (Å²) in [7, 11) is -2.71. The van der Waals surface area contributed by atoms with Crippen LogP contribution in [0.4, 0.5) is 0 Å². The first-order valence-corrected chi connectivity index (χ1v) is 9.31. The van der Waals surface area contributed by atoms with Crippen LogP contribution in [-0.4, -0.2) is 32.5 Å². The third kappa shape index (κ3) is 4.54. The zero-order valence-corrected chi connectivity index (χ0v) is 12.3. The monoisotopic (exact) mass is 273 g/mol. The largest absolute Gasteiger partial charge is 0.314 e. The van der Waals surface area contributed by atoms with Gasteiger partial charge in [0, 0.05) is 6.04 Å². The summed E-state index contributed by atoms with van der Waals surface area (Å²) < 4.78 is 22.6. The second-order valence-electron chi connectivity index (χ2n) is 6.29. The van der Waals surface area contributed by atoms with Crippen LogP contribution in [0.2, 0.25) is 0 Å². The molecule has 0 unspecified atom stereocenters. The van der Waals surface area contributed by atoms with E-state index in [4.69, 9.17) is 0 Å². The van der Waals surface area contributed by atoms with Crippen molar-refractivity contribution in [2.24, 2.45) is 11.8 Å². The van der Waals surface area contributed by atoms with Crippen molar-refractivity contribution >= 4 is 9.84 Å². The van der Waals surface area contributed by atoms with E-state index in [0.29, 0.717) is 17.5 Å². The summed E-state index contributed by atoms with van der Waals surface area (Å²) in [4.78, 5) is 0. The van der Waals surface area contributed by atoms with Gasteiger partial charge in [-0.25, -0.2) is 8.42 Å². The predicted octanol–water partition coefficient (Wildman–Crippen LogP) is 2.37. The molecule has 0 aromatic rings. The maximum atomic E-state index is 11.3. The highest BCUT2D eigenvalue weighted by atomic mass is 32.2. The van der Waals surface area contributed by atoms with E-state index in [1.807, 2.05) is 0 Å². The topological polar surface area (TPSA) is 46.2 Å². The van der Waals surface area contributed by atoms with Gasteiger partial charge in [0.1, 0.15) is 9.84 Å². The first-order valence-electron chi connectivity index (χ1n) is 7.49. The minimum Gasteiger partial charge on any atom is -0.314 e. The van der Waals surface area contributed by atoms with E-state index in [1.165, 1.54) is 32.1 Å². The van der Waals surface area contributed by atoms with Crippen molar-refractivity contribution < 1.29 is 8.42 Å². The van der Waals surface area contributed by atoms with Crippen LogP contribution in [-0.2, 0) is 9.84 Å². The molecular formula is C14H27NO2S. The van der Waals surface area contributed by atoms with Gasteiger partial charge in [-0.15, -0.1) is 0 Å². The minimum absolute atomic E-state index is 0.381. The van der Waals surface area contributed by atoms with Crippen molar-refractivity contribution in [3.8, 4) is 0 Å². The van der Waals surface area contributed by atoms with Crippen LogP contribution < -0.4 is 5.32 Å². The summed E-state index contributed by atoms with van der Waals surface area (Å²) in [5.41, 5.74) is 0. The van der Waals surface area contributed by atoms with Crippen molar-refractivity contribution in [3.63, 3.8) is 0 Å². The van der Waals surface area contributed by atoms with Crippen molar-refractivity contribution in [2.45, 2.75) is 57.9 Å². The van der Waals surface area contributed by atoms with Crippen LogP contribution in [0.5, 0.6) is 0 Å². The van der Waals surface area contributed by atoms with E-state index in [1.54, 1.807) is 0 Å². The van der Waals surface area contributed by atoms with Gasteiger partial charge in [-0.1, -0.05) is 32.6 Å². The van der Waals surface area contributed by atoms with Gasteiger partial charge in [-0.3, -0.25) is 0 Å². The lowest BCUT2D eigenvalue weighted by atomic mass is 9.81. The molecular weight excluding hydrogens is 246 g/mol. The van der Waals surface area contributed by atoms with E-state index in [9.17, 15) is 8.42 Å². The quantitative estimate of drug-likeness (QED) is 0.855. The third-order valence-corrected chi connectivity index (χ3v) is 6.39. The highest BCUT2D eigenvalue weighted by Crippen LogP contribution is 2.30. The average molecular weight is 273 g/mol. The molecule has 0 aromatic heterocycles. The molecule has 0 spiro atoms. The summed E-state index contributed by atoms with van der Waals surface area (Å²) in [5, 5.41) is 3.55. The summed E-state index contributed by atoms with van der Waals surface area (Å²) in [5.74, 6) is 2.59. The number of nitrogens with one attached hydrogen (secondary N) is 1. The Kier molecular flexibility index (Phi) is 5.07. The van der Waals surface area contributed by atoms with Gasteiger partial charge in [-0.05, 0) is 37.6 Å². The molecule has 4 heteroatoms. The average Bonchev–Trinajstić information content (AvgIpc) is 2.34. The minimum atomic E-state index is -2.71. The Morgan fingerprint density at radius 3 is 2.22 bits per heavy atom. The fourth-order valence-corrected chi connectivity index (χ4v) is 4.69. The van der Waals surface area contributed by atoms with E-state index in [0.717, 1.165) is 31.2 Å². The van der Waals surface area contributed by atoms with E-state index >= 15 is 0 Å². The first-order chi connectivity index (χ1) is 8.55. The van der Waals surface area contributed by atoms with Gasteiger partial charge >= 0.3 is 0 Å². The molecule has 0 bridgehead atoms. The maximum Gasteiger partial charge on any atom is 0.150 e. The SMILES string of the molecule is CC1CCC(CCNC2CCS(=O)(=O)CC2)CC1. The maximum absolute atomic E-state index is 11.3. The summed E-state index contributed by atoms with van der Waals surface area (Å²) in [6.07, 6.45) is 8.46. The van der Waals surface area contributed by atoms with Crippen molar-refractivity contribution in [2.75, 3.05) is 18.1 Å². The molecule has 3 nitrogen and oxygen atoms in total. The molecule has 106 valence electrons. The van der Waals surface area contributed by atoms with Gasteiger partial charge in [-0.2, -0.15) is 0 Å². The van der Waals surface area contributed by atoms with Gasteiger partial charge in [0.25, 0.3) is 0 Å².